The SMILES string of the molecule is CCn1cc(C(NC)c2ccc(I)c(Cl)c2)cn1. The zero-order valence-electron chi connectivity index (χ0n) is 10.3. The molecule has 1 N–H and O–H groups in total. The minimum absolute atomic E-state index is 0.125. The Hall–Kier alpha value is -0.590. The number of hydrogen-bond acceptors (Lipinski definition) is 2. The molecule has 0 saturated carbocycles. The summed E-state index contributed by atoms with van der Waals surface area (Å²) in [7, 11) is 1.94. The van der Waals surface area contributed by atoms with Gasteiger partial charge in [-0.25, -0.2) is 0 Å². The first-order valence-electron chi connectivity index (χ1n) is 5.80. The van der Waals surface area contributed by atoms with Crippen LogP contribution in [0.2, 0.25) is 5.02 Å². The molecule has 0 radical (unpaired) electrons. The summed E-state index contributed by atoms with van der Waals surface area (Å²) < 4.78 is 2.99. The van der Waals surface area contributed by atoms with Gasteiger partial charge in [-0.05, 0) is 54.3 Å². The van der Waals surface area contributed by atoms with Gasteiger partial charge in [-0.1, -0.05) is 17.7 Å². The van der Waals surface area contributed by atoms with Crippen LogP contribution in [0.5, 0.6) is 0 Å². The van der Waals surface area contributed by atoms with Crippen LogP contribution in [0.25, 0.3) is 0 Å². The smallest absolute Gasteiger partial charge is 0.0606 e. The van der Waals surface area contributed by atoms with E-state index in [0.717, 1.165) is 26.3 Å². The van der Waals surface area contributed by atoms with Crippen molar-refractivity contribution in [1.29, 1.82) is 0 Å². The number of nitrogens with zero attached hydrogens (tertiary/aromatic N) is 2. The van der Waals surface area contributed by atoms with E-state index in [-0.39, 0.29) is 6.04 Å². The van der Waals surface area contributed by atoms with Crippen molar-refractivity contribution in [2.24, 2.45) is 0 Å². The number of aromatic nitrogens is 2. The van der Waals surface area contributed by atoms with Crippen molar-refractivity contribution in [3.05, 3.63) is 50.3 Å². The van der Waals surface area contributed by atoms with Crippen molar-refractivity contribution in [1.82, 2.24) is 15.1 Å². The molecular weight excluding hydrogens is 361 g/mol. The van der Waals surface area contributed by atoms with Crippen LogP contribution in [-0.2, 0) is 6.54 Å². The molecule has 0 saturated heterocycles. The van der Waals surface area contributed by atoms with Crippen molar-refractivity contribution < 1.29 is 0 Å². The average molecular weight is 376 g/mol. The molecule has 1 aromatic carbocycles. The Morgan fingerprint density at radius 3 is 2.78 bits per heavy atom. The molecule has 0 amide bonds. The standard InChI is InChI=1S/C13H15ClIN3/c1-3-18-8-10(7-17-18)13(16-2)9-4-5-12(15)11(14)6-9/h4-8,13,16H,3H2,1-2H3. The van der Waals surface area contributed by atoms with Crippen molar-refractivity contribution in [2.45, 2.75) is 19.5 Å². The van der Waals surface area contributed by atoms with Gasteiger partial charge in [-0.15, -0.1) is 0 Å². The van der Waals surface area contributed by atoms with Crippen LogP contribution in [0.1, 0.15) is 24.1 Å². The van der Waals surface area contributed by atoms with Crippen LogP contribution in [0.15, 0.2) is 30.6 Å². The molecule has 3 nitrogen and oxygen atoms in total. The van der Waals surface area contributed by atoms with E-state index < -0.39 is 0 Å². The van der Waals surface area contributed by atoms with Gasteiger partial charge < -0.3 is 5.32 Å². The Balaban J connectivity index is 2.35. The lowest BCUT2D eigenvalue weighted by Gasteiger charge is -2.15. The van der Waals surface area contributed by atoms with E-state index in [1.807, 2.05) is 30.1 Å². The topological polar surface area (TPSA) is 29.9 Å². The zero-order chi connectivity index (χ0) is 13.1. The van der Waals surface area contributed by atoms with Crippen molar-refractivity contribution in [3.63, 3.8) is 0 Å². The fraction of sp³-hybridized carbons (Fsp3) is 0.308. The van der Waals surface area contributed by atoms with Gasteiger partial charge in [0.2, 0.25) is 0 Å². The average Bonchev–Trinajstić information content (AvgIpc) is 2.83. The van der Waals surface area contributed by atoms with E-state index >= 15 is 0 Å². The molecule has 0 aliphatic carbocycles. The maximum absolute atomic E-state index is 6.18. The van der Waals surface area contributed by atoms with Gasteiger partial charge in [0.25, 0.3) is 0 Å². The summed E-state index contributed by atoms with van der Waals surface area (Å²) in [5.74, 6) is 0. The predicted octanol–water partition coefficient (Wildman–Crippen LogP) is 3.47. The van der Waals surface area contributed by atoms with Crippen LogP contribution >= 0.6 is 34.2 Å². The third-order valence-electron chi connectivity index (χ3n) is 2.88. The van der Waals surface area contributed by atoms with E-state index in [1.54, 1.807) is 0 Å². The number of rotatable bonds is 4. The van der Waals surface area contributed by atoms with Gasteiger partial charge in [0, 0.05) is 21.9 Å². The van der Waals surface area contributed by atoms with E-state index in [4.69, 9.17) is 11.6 Å². The van der Waals surface area contributed by atoms with Crippen molar-refractivity contribution in [2.75, 3.05) is 7.05 Å². The monoisotopic (exact) mass is 375 g/mol. The number of nitrogens with one attached hydrogen (secondary N) is 1. The Labute approximate surface area is 126 Å². The Morgan fingerprint density at radius 2 is 2.22 bits per heavy atom. The first kappa shape index (κ1) is 13.8. The maximum atomic E-state index is 6.18. The van der Waals surface area contributed by atoms with E-state index in [0.29, 0.717) is 0 Å². The van der Waals surface area contributed by atoms with Gasteiger partial charge in [0.15, 0.2) is 0 Å². The van der Waals surface area contributed by atoms with E-state index in [2.05, 4.69) is 52.2 Å². The summed E-state index contributed by atoms with van der Waals surface area (Å²) in [5, 5.41) is 8.40. The quantitative estimate of drug-likeness (QED) is 0.829. The highest BCUT2D eigenvalue weighted by Crippen LogP contribution is 2.26. The molecule has 5 heteroatoms. The second-order valence-corrected chi connectivity index (χ2v) is 5.59. The normalized spacial score (nSPS) is 12.7. The molecule has 1 aromatic heterocycles. The van der Waals surface area contributed by atoms with E-state index in [9.17, 15) is 0 Å². The molecule has 0 fully saturated rings. The van der Waals surface area contributed by atoms with Crippen molar-refractivity contribution >= 4 is 34.2 Å². The van der Waals surface area contributed by atoms with Crippen molar-refractivity contribution in [3.8, 4) is 0 Å². The Kier molecular flexibility index (Phi) is 4.64. The van der Waals surface area contributed by atoms with Crippen LogP contribution in [0.4, 0.5) is 0 Å². The number of hydrogen-bond donors (Lipinski definition) is 1. The van der Waals surface area contributed by atoms with Gasteiger partial charge in [0.05, 0.1) is 17.3 Å². The molecule has 1 heterocycles. The number of aryl methyl sites for hydroxylation is 1. The summed E-state index contributed by atoms with van der Waals surface area (Å²) in [4.78, 5) is 0. The third-order valence-corrected chi connectivity index (χ3v) is 4.45. The lowest BCUT2D eigenvalue weighted by atomic mass is 10.0. The zero-order valence-corrected chi connectivity index (χ0v) is 13.2. The summed E-state index contributed by atoms with van der Waals surface area (Å²) in [5.41, 5.74) is 2.30. The third kappa shape index (κ3) is 2.87. The first-order chi connectivity index (χ1) is 8.65. The lowest BCUT2D eigenvalue weighted by Crippen LogP contribution is -2.17. The second kappa shape index (κ2) is 6.04. The molecule has 0 bridgehead atoms. The molecule has 96 valence electrons. The molecule has 2 aromatic rings. The molecule has 18 heavy (non-hydrogen) atoms. The lowest BCUT2D eigenvalue weighted by molar-refractivity contribution is 0.653. The molecule has 0 spiro atoms. The molecule has 1 atom stereocenters. The first-order valence-corrected chi connectivity index (χ1v) is 7.26. The highest BCUT2D eigenvalue weighted by Gasteiger charge is 2.14. The van der Waals surface area contributed by atoms with Crippen LogP contribution in [-0.4, -0.2) is 16.8 Å². The number of benzene rings is 1. The van der Waals surface area contributed by atoms with Gasteiger partial charge in [0.1, 0.15) is 0 Å². The van der Waals surface area contributed by atoms with Crippen LogP contribution in [0, 0.1) is 3.57 Å². The fourth-order valence-electron chi connectivity index (χ4n) is 1.92. The highest BCUT2D eigenvalue weighted by molar-refractivity contribution is 14.1. The molecule has 0 aliphatic rings. The highest BCUT2D eigenvalue weighted by atomic mass is 127. The van der Waals surface area contributed by atoms with Crippen LogP contribution < -0.4 is 5.32 Å². The summed E-state index contributed by atoms with van der Waals surface area (Å²) in [6.07, 6.45) is 3.96. The fourth-order valence-corrected chi connectivity index (χ4v) is 2.44. The minimum Gasteiger partial charge on any atom is -0.309 e. The molecule has 1 unspecified atom stereocenters. The Morgan fingerprint density at radius 1 is 1.44 bits per heavy atom. The summed E-state index contributed by atoms with van der Waals surface area (Å²) >= 11 is 8.41. The van der Waals surface area contributed by atoms with E-state index in [1.165, 1.54) is 0 Å². The second-order valence-electron chi connectivity index (χ2n) is 4.02. The summed E-state index contributed by atoms with van der Waals surface area (Å²) in [6, 6.07) is 6.26. The minimum atomic E-state index is 0.125. The van der Waals surface area contributed by atoms with Gasteiger partial charge in [-0.2, -0.15) is 5.10 Å². The largest absolute Gasteiger partial charge is 0.309 e. The Bertz CT molecular complexity index is 539. The molecule has 0 aliphatic heterocycles. The maximum Gasteiger partial charge on any atom is 0.0606 e. The number of halogens is 2. The van der Waals surface area contributed by atoms with Gasteiger partial charge in [-0.3, -0.25) is 4.68 Å². The van der Waals surface area contributed by atoms with Gasteiger partial charge >= 0.3 is 0 Å². The molecule has 2 rings (SSSR count). The summed E-state index contributed by atoms with van der Waals surface area (Å²) in [6.45, 7) is 2.96. The molecular formula is C13H15ClIN3. The predicted molar refractivity (Wildman–Crippen MR) is 83.0 cm³/mol. The van der Waals surface area contributed by atoms with Crippen LogP contribution in [0.3, 0.4) is 0 Å².